The van der Waals surface area contributed by atoms with Gasteiger partial charge in [-0.1, -0.05) is 24.3 Å². The first-order valence-electron chi connectivity index (χ1n) is 7.15. The molecule has 1 N–H and O–H groups in total. The molecule has 0 radical (unpaired) electrons. The van der Waals surface area contributed by atoms with Gasteiger partial charge in [0.2, 0.25) is 5.91 Å². The number of halogens is 3. The summed E-state index contributed by atoms with van der Waals surface area (Å²) in [5.41, 5.74) is 0.0969. The monoisotopic (exact) mass is 321 g/mol. The molecule has 120 valence electrons. The van der Waals surface area contributed by atoms with Crippen LogP contribution in [-0.4, -0.2) is 12.5 Å². The molecule has 3 rings (SSSR count). The number of anilines is 1. The second-order valence-electron chi connectivity index (χ2n) is 5.30. The number of hydrogen-bond acceptors (Lipinski definition) is 2. The Kier molecular flexibility index (Phi) is 3.98. The van der Waals surface area contributed by atoms with Crippen molar-refractivity contribution in [2.24, 2.45) is 0 Å². The lowest BCUT2D eigenvalue weighted by Crippen LogP contribution is -2.26. The fourth-order valence-corrected chi connectivity index (χ4v) is 2.62. The number of nitrogens with one attached hydrogen (secondary N) is 1. The van der Waals surface area contributed by atoms with Crippen molar-refractivity contribution < 1.29 is 22.7 Å². The van der Waals surface area contributed by atoms with Crippen molar-refractivity contribution in [3.05, 3.63) is 59.7 Å². The van der Waals surface area contributed by atoms with E-state index in [0.717, 1.165) is 17.7 Å². The molecule has 0 aromatic heterocycles. The van der Waals surface area contributed by atoms with Crippen LogP contribution < -0.4 is 10.1 Å². The summed E-state index contributed by atoms with van der Waals surface area (Å²) >= 11 is 0. The normalized spacial score (nSPS) is 17.1. The van der Waals surface area contributed by atoms with Gasteiger partial charge in [-0.05, 0) is 30.7 Å². The number of para-hydroxylation sites is 1. The number of ether oxygens (including phenoxy) is 1. The molecule has 0 aliphatic carbocycles. The number of carbonyl (C=O) groups is 1. The van der Waals surface area contributed by atoms with Crippen molar-refractivity contribution in [2.45, 2.75) is 18.5 Å². The molecule has 0 fully saturated rings. The van der Waals surface area contributed by atoms with Crippen LogP contribution in [0.5, 0.6) is 5.75 Å². The van der Waals surface area contributed by atoms with Gasteiger partial charge in [-0.25, -0.2) is 0 Å². The number of hydrogen-bond donors (Lipinski definition) is 1. The molecule has 1 aliphatic heterocycles. The number of alkyl halides is 3. The van der Waals surface area contributed by atoms with Crippen LogP contribution in [0.1, 0.15) is 23.5 Å². The second-order valence-corrected chi connectivity index (χ2v) is 5.30. The van der Waals surface area contributed by atoms with Gasteiger partial charge in [0.05, 0.1) is 18.1 Å². The average molecular weight is 321 g/mol. The van der Waals surface area contributed by atoms with Crippen molar-refractivity contribution in [3.63, 3.8) is 0 Å². The molecule has 0 saturated carbocycles. The topological polar surface area (TPSA) is 38.3 Å². The lowest BCUT2D eigenvalue weighted by atomic mass is 9.92. The standard InChI is InChI=1S/C17H14F3NO2/c18-17(19,20)11-4-3-5-12(10-11)21-16(22)14-8-9-23-15-7-2-1-6-13(14)15/h1-7,10,14H,8-9H2,(H,21,22). The molecule has 2 aromatic carbocycles. The summed E-state index contributed by atoms with van der Waals surface area (Å²) in [6.07, 6.45) is -3.95. The number of rotatable bonds is 2. The molecular formula is C17H14F3NO2. The Hall–Kier alpha value is -2.50. The van der Waals surface area contributed by atoms with E-state index >= 15 is 0 Å². The maximum absolute atomic E-state index is 12.7. The molecule has 2 aromatic rings. The molecule has 1 amide bonds. The lowest BCUT2D eigenvalue weighted by molar-refractivity contribution is -0.137. The number of benzene rings is 2. The van der Waals surface area contributed by atoms with Crippen molar-refractivity contribution in [1.29, 1.82) is 0 Å². The Morgan fingerprint density at radius 2 is 1.91 bits per heavy atom. The molecule has 1 aliphatic rings. The largest absolute Gasteiger partial charge is 0.493 e. The first kappa shape index (κ1) is 15.4. The van der Waals surface area contributed by atoms with E-state index in [0.29, 0.717) is 18.8 Å². The summed E-state index contributed by atoms with van der Waals surface area (Å²) in [5, 5.41) is 2.57. The maximum atomic E-state index is 12.7. The summed E-state index contributed by atoms with van der Waals surface area (Å²) in [4.78, 5) is 12.4. The van der Waals surface area contributed by atoms with E-state index < -0.39 is 17.7 Å². The molecule has 3 nitrogen and oxygen atoms in total. The summed E-state index contributed by atoms with van der Waals surface area (Å²) in [5.74, 6) is -0.127. The summed E-state index contributed by atoms with van der Waals surface area (Å²) < 4.78 is 43.7. The van der Waals surface area contributed by atoms with Crippen LogP contribution in [0, 0.1) is 0 Å². The van der Waals surface area contributed by atoms with E-state index in [9.17, 15) is 18.0 Å². The van der Waals surface area contributed by atoms with E-state index in [1.807, 2.05) is 6.07 Å². The lowest BCUT2D eigenvalue weighted by Gasteiger charge is -2.25. The van der Waals surface area contributed by atoms with Gasteiger partial charge in [-0.2, -0.15) is 13.2 Å². The third kappa shape index (κ3) is 3.31. The van der Waals surface area contributed by atoms with Crippen molar-refractivity contribution >= 4 is 11.6 Å². The second kappa shape index (κ2) is 5.95. The van der Waals surface area contributed by atoms with Gasteiger partial charge in [-0.3, -0.25) is 4.79 Å². The fraction of sp³-hybridized carbons (Fsp3) is 0.235. The van der Waals surface area contributed by atoms with Gasteiger partial charge < -0.3 is 10.1 Å². The van der Waals surface area contributed by atoms with E-state index in [2.05, 4.69) is 5.32 Å². The SMILES string of the molecule is O=C(Nc1cccc(C(F)(F)F)c1)C1CCOc2ccccc21. The average Bonchev–Trinajstić information content (AvgIpc) is 2.53. The predicted octanol–water partition coefficient (Wildman–Crippen LogP) is 4.21. The summed E-state index contributed by atoms with van der Waals surface area (Å²) in [6, 6.07) is 11.8. The van der Waals surface area contributed by atoms with Crippen LogP contribution in [0.15, 0.2) is 48.5 Å². The molecule has 1 atom stereocenters. The minimum absolute atomic E-state index is 0.133. The fourth-order valence-electron chi connectivity index (χ4n) is 2.62. The molecule has 1 heterocycles. The van der Waals surface area contributed by atoms with Gasteiger partial charge in [0.25, 0.3) is 0 Å². The smallest absolute Gasteiger partial charge is 0.416 e. The zero-order valence-corrected chi connectivity index (χ0v) is 12.1. The van der Waals surface area contributed by atoms with Gasteiger partial charge >= 0.3 is 6.18 Å². The van der Waals surface area contributed by atoms with E-state index in [4.69, 9.17) is 4.74 Å². The third-order valence-corrected chi connectivity index (χ3v) is 3.73. The Morgan fingerprint density at radius 3 is 2.70 bits per heavy atom. The number of fused-ring (bicyclic) bond motifs is 1. The van der Waals surface area contributed by atoms with Crippen LogP contribution >= 0.6 is 0 Å². The Morgan fingerprint density at radius 1 is 1.13 bits per heavy atom. The first-order chi connectivity index (χ1) is 10.9. The molecule has 6 heteroatoms. The third-order valence-electron chi connectivity index (χ3n) is 3.73. The molecule has 1 unspecified atom stereocenters. The quantitative estimate of drug-likeness (QED) is 0.900. The zero-order chi connectivity index (χ0) is 16.4. The highest BCUT2D eigenvalue weighted by molar-refractivity contribution is 5.96. The van der Waals surface area contributed by atoms with E-state index in [1.165, 1.54) is 12.1 Å². The first-order valence-corrected chi connectivity index (χ1v) is 7.15. The van der Waals surface area contributed by atoms with Crippen LogP contribution in [0.2, 0.25) is 0 Å². The van der Waals surface area contributed by atoms with Gasteiger partial charge in [0.1, 0.15) is 5.75 Å². The molecule has 0 saturated heterocycles. The highest BCUT2D eigenvalue weighted by atomic mass is 19.4. The van der Waals surface area contributed by atoms with Crippen LogP contribution in [0.4, 0.5) is 18.9 Å². The summed E-state index contributed by atoms with van der Waals surface area (Å²) in [6.45, 7) is 0.400. The van der Waals surface area contributed by atoms with Crippen LogP contribution in [0.3, 0.4) is 0 Å². The van der Waals surface area contributed by atoms with E-state index in [-0.39, 0.29) is 11.6 Å². The molecule has 23 heavy (non-hydrogen) atoms. The molecule has 0 spiro atoms. The zero-order valence-electron chi connectivity index (χ0n) is 12.1. The van der Waals surface area contributed by atoms with E-state index in [1.54, 1.807) is 18.2 Å². The summed E-state index contributed by atoms with van der Waals surface area (Å²) in [7, 11) is 0. The van der Waals surface area contributed by atoms with Crippen molar-refractivity contribution in [1.82, 2.24) is 0 Å². The number of carbonyl (C=O) groups excluding carboxylic acids is 1. The van der Waals surface area contributed by atoms with Crippen LogP contribution in [-0.2, 0) is 11.0 Å². The Labute approximate surface area is 131 Å². The highest BCUT2D eigenvalue weighted by Crippen LogP contribution is 2.35. The van der Waals surface area contributed by atoms with Gasteiger partial charge in [0.15, 0.2) is 0 Å². The highest BCUT2D eigenvalue weighted by Gasteiger charge is 2.31. The minimum atomic E-state index is -4.44. The van der Waals surface area contributed by atoms with Crippen molar-refractivity contribution in [2.75, 3.05) is 11.9 Å². The van der Waals surface area contributed by atoms with Gasteiger partial charge in [0, 0.05) is 11.3 Å². The molecular weight excluding hydrogens is 307 g/mol. The Bertz CT molecular complexity index is 728. The Balaban J connectivity index is 1.81. The molecule has 0 bridgehead atoms. The maximum Gasteiger partial charge on any atom is 0.416 e. The number of amides is 1. The van der Waals surface area contributed by atoms with Crippen molar-refractivity contribution in [3.8, 4) is 5.75 Å². The van der Waals surface area contributed by atoms with Crippen LogP contribution in [0.25, 0.3) is 0 Å². The van der Waals surface area contributed by atoms with Gasteiger partial charge in [-0.15, -0.1) is 0 Å². The predicted molar refractivity (Wildman–Crippen MR) is 79.4 cm³/mol. The minimum Gasteiger partial charge on any atom is -0.493 e.